The monoisotopic (exact) mass is 275 g/mol. The van der Waals surface area contributed by atoms with Gasteiger partial charge in [-0.1, -0.05) is 6.07 Å². The number of nitrogen functional groups attached to an aromatic ring is 1. The summed E-state index contributed by atoms with van der Waals surface area (Å²) in [6.45, 7) is 2.31. The lowest BCUT2D eigenvalue weighted by molar-refractivity contribution is 0.0891. The quantitative estimate of drug-likeness (QED) is 0.559. The molecule has 2 fully saturated rings. The summed E-state index contributed by atoms with van der Waals surface area (Å²) in [5, 5.41) is 3.10. The molecule has 2 aliphatic heterocycles. The molecule has 3 heterocycles. The second-order valence-corrected chi connectivity index (χ2v) is 5.58. The molecule has 4 N–H and O–H groups in total. The van der Waals surface area contributed by atoms with E-state index in [1.54, 1.807) is 18.2 Å². The van der Waals surface area contributed by atoms with Crippen molar-refractivity contribution >= 4 is 11.7 Å². The Labute approximate surface area is 118 Å². The van der Waals surface area contributed by atoms with Crippen molar-refractivity contribution < 1.29 is 4.79 Å². The molecular weight excluding hydrogens is 254 g/mol. The van der Waals surface area contributed by atoms with Crippen LogP contribution in [0, 0.1) is 0 Å². The molecular formula is C14H21N5O. The van der Waals surface area contributed by atoms with Crippen LogP contribution >= 0.6 is 0 Å². The molecule has 2 unspecified atom stereocenters. The SMILES string of the molecule is NNc1cccc(C(=O)NC2CCN3CCCC3C2)n1. The second-order valence-electron chi connectivity index (χ2n) is 5.58. The Morgan fingerprint density at radius 3 is 3.10 bits per heavy atom. The smallest absolute Gasteiger partial charge is 0.270 e. The van der Waals surface area contributed by atoms with E-state index in [2.05, 4.69) is 20.6 Å². The van der Waals surface area contributed by atoms with Crippen LogP contribution in [0.4, 0.5) is 5.82 Å². The Kier molecular flexibility index (Phi) is 3.84. The number of carbonyl (C=O) groups is 1. The summed E-state index contributed by atoms with van der Waals surface area (Å²) in [6, 6.07) is 6.13. The van der Waals surface area contributed by atoms with Gasteiger partial charge in [0.25, 0.3) is 5.91 Å². The molecule has 6 heteroatoms. The number of pyridine rings is 1. The van der Waals surface area contributed by atoms with E-state index >= 15 is 0 Å². The fourth-order valence-electron chi connectivity index (χ4n) is 3.26. The van der Waals surface area contributed by atoms with Crippen molar-refractivity contribution in [3.05, 3.63) is 23.9 Å². The highest BCUT2D eigenvalue weighted by molar-refractivity contribution is 5.92. The van der Waals surface area contributed by atoms with Crippen LogP contribution < -0.4 is 16.6 Å². The molecule has 20 heavy (non-hydrogen) atoms. The summed E-state index contributed by atoms with van der Waals surface area (Å²) in [4.78, 5) is 18.9. The van der Waals surface area contributed by atoms with E-state index in [0.717, 1.165) is 19.4 Å². The predicted octanol–water partition coefficient (Wildman–Crippen LogP) is 0.724. The maximum Gasteiger partial charge on any atom is 0.270 e. The number of carbonyl (C=O) groups excluding carboxylic acids is 1. The average molecular weight is 275 g/mol. The first-order chi connectivity index (χ1) is 9.76. The Hall–Kier alpha value is -1.66. The number of nitrogens with one attached hydrogen (secondary N) is 2. The van der Waals surface area contributed by atoms with Crippen molar-refractivity contribution in [3.63, 3.8) is 0 Å². The van der Waals surface area contributed by atoms with Crippen LogP contribution in [0.15, 0.2) is 18.2 Å². The van der Waals surface area contributed by atoms with Gasteiger partial charge in [0.15, 0.2) is 0 Å². The van der Waals surface area contributed by atoms with Gasteiger partial charge in [-0.3, -0.25) is 4.79 Å². The minimum atomic E-state index is -0.112. The number of aromatic nitrogens is 1. The predicted molar refractivity (Wildman–Crippen MR) is 77.1 cm³/mol. The van der Waals surface area contributed by atoms with Gasteiger partial charge in [0.2, 0.25) is 0 Å². The number of piperidine rings is 1. The number of fused-ring (bicyclic) bond motifs is 1. The van der Waals surface area contributed by atoms with E-state index in [9.17, 15) is 4.79 Å². The maximum absolute atomic E-state index is 12.2. The average Bonchev–Trinajstić information content (AvgIpc) is 2.95. The molecule has 3 rings (SSSR count). The molecule has 2 aliphatic rings. The second kappa shape index (κ2) is 5.76. The van der Waals surface area contributed by atoms with Gasteiger partial charge in [-0.05, 0) is 44.4 Å². The molecule has 0 aliphatic carbocycles. The Bertz CT molecular complexity index is 492. The first-order valence-corrected chi connectivity index (χ1v) is 7.25. The molecule has 6 nitrogen and oxygen atoms in total. The van der Waals surface area contributed by atoms with E-state index in [1.165, 1.54) is 19.4 Å². The summed E-state index contributed by atoms with van der Waals surface area (Å²) in [5.74, 6) is 5.70. The van der Waals surface area contributed by atoms with E-state index in [4.69, 9.17) is 5.84 Å². The third-order valence-corrected chi connectivity index (χ3v) is 4.29. The van der Waals surface area contributed by atoms with Gasteiger partial charge in [-0.2, -0.15) is 0 Å². The summed E-state index contributed by atoms with van der Waals surface area (Å²) in [6.07, 6.45) is 4.63. The zero-order valence-electron chi connectivity index (χ0n) is 11.5. The maximum atomic E-state index is 12.2. The van der Waals surface area contributed by atoms with Gasteiger partial charge in [0, 0.05) is 18.6 Å². The summed E-state index contributed by atoms with van der Waals surface area (Å²) < 4.78 is 0. The van der Waals surface area contributed by atoms with Crippen molar-refractivity contribution in [1.29, 1.82) is 0 Å². The lowest BCUT2D eigenvalue weighted by atomic mass is 9.97. The number of nitrogens with two attached hydrogens (primary N) is 1. The summed E-state index contributed by atoms with van der Waals surface area (Å²) in [5.41, 5.74) is 2.87. The van der Waals surface area contributed by atoms with Crippen LogP contribution in [0.5, 0.6) is 0 Å². The first-order valence-electron chi connectivity index (χ1n) is 7.25. The highest BCUT2D eigenvalue weighted by atomic mass is 16.1. The molecule has 2 saturated heterocycles. The Morgan fingerprint density at radius 2 is 2.25 bits per heavy atom. The van der Waals surface area contributed by atoms with Gasteiger partial charge in [0.1, 0.15) is 11.5 Å². The van der Waals surface area contributed by atoms with Crippen molar-refractivity contribution in [2.75, 3.05) is 18.5 Å². The van der Waals surface area contributed by atoms with E-state index in [0.29, 0.717) is 17.6 Å². The van der Waals surface area contributed by atoms with Gasteiger partial charge < -0.3 is 15.6 Å². The highest BCUT2D eigenvalue weighted by Crippen LogP contribution is 2.26. The van der Waals surface area contributed by atoms with E-state index in [-0.39, 0.29) is 11.9 Å². The van der Waals surface area contributed by atoms with Crippen molar-refractivity contribution in [1.82, 2.24) is 15.2 Å². The standard InChI is InChI=1S/C14H21N5O/c15-18-13-5-1-4-12(17-13)14(20)16-10-6-8-19-7-2-3-11(19)9-10/h1,4-5,10-11H,2-3,6-9,15H2,(H,16,20)(H,17,18). The number of anilines is 1. The van der Waals surface area contributed by atoms with Crippen LogP contribution in [0.25, 0.3) is 0 Å². The molecule has 0 spiro atoms. The summed E-state index contributed by atoms with van der Waals surface area (Å²) >= 11 is 0. The number of hydrogen-bond donors (Lipinski definition) is 3. The lowest BCUT2D eigenvalue weighted by Crippen LogP contribution is -2.47. The van der Waals surface area contributed by atoms with Crippen molar-refractivity contribution in [2.45, 2.75) is 37.8 Å². The van der Waals surface area contributed by atoms with Crippen LogP contribution in [0.2, 0.25) is 0 Å². The fraction of sp³-hybridized carbons (Fsp3) is 0.571. The third-order valence-electron chi connectivity index (χ3n) is 4.29. The third kappa shape index (κ3) is 2.76. The number of hydrogen-bond acceptors (Lipinski definition) is 5. The van der Waals surface area contributed by atoms with Crippen LogP contribution in [-0.4, -0.2) is 41.0 Å². The van der Waals surface area contributed by atoms with Gasteiger partial charge in [-0.15, -0.1) is 0 Å². The molecule has 0 aromatic carbocycles. The highest BCUT2D eigenvalue weighted by Gasteiger charge is 2.32. The van der Waals surface area contributed by atoms with E-state index in [1.807, 2.05) is 0 Å². The number of rotatable bonds is 3. The molecule has 0 bridgehead atoms. The van der Waals surface area contributed by atoms with Crippen LogP contribution in [-0.2, 0) is 0 Å². The number of hydrazine groups is 1. The van der Waals surface area contributed by atoms with Crippen molar-refractivity contribution in [2.24, 2.45) is 5.84 Å². The Morgan fingerprint density at radius 1 is 1.35 bits per heavy atom. The fourth-order valence-corrected chi connectivity index (χ4v) is 3.26. The minimum absolute atomic E-state index is 0.112. The van der Waals surface area contributed by atoms with Gasteiger partial charge in [-0.25, -0.2) is 10.8 Å². The van der Waals surface area contributed by atoms with Crippen LogP contribution in [0.1, 0.15) is 36.2 Å². The van der Waals surface area contributed by atoms with Crippen LogP contribution in [0.3, 0.4) is 0 Å². The molecule has 1 aromatic heterocycles. The largest absolute Gasteiger partial charge is 0.348 e. The van der Waals surface area contributed by atoms with Gasteiger partial charge in [0.05, 0.1) is 0 Å². The van der Waals surface area contributed by atoms with Crippen molar-refractivity contribution in [3.8, 4) is 0 Å². The topological polar surface area (TPSA) is 83.3 Å². The van der Waals surface area contributed by atoms with Gasteiger partial charge >= 0.3 is 0 Å². The molecule has 0 radical (unpaired) electrons. The number of nitrogens with zero attached hydrogens (tertiary/aromatic N) is 2. The minimum Gasteiger partial charge on any atom is -0.348 e. The molecule has 1 aromatic rings. The normalized spacial score (nSPS) is 26.1. The lowest BCUT2D eigenvalue weighted by Gasteiger charge is -2.35. The molecule has 108 valence electrons. The Balaban J connectivity index is 1.61. The molecule has 1 amide bonds. The zero-order chi connectivity index (χ0) is 13.9. The number of amides is 1. The molecule has 0 saturated carbocycles. The first kappa shape index (κ1) is 13.3. The molecule has 2 atom stereocenters. The van der Waals surface area contributed by atoms with E-state index < -0.39 is 0 Å². The summed E-state index contributed by atoms with van der Waals surface area (Å²) in [7, 11) is 0. The zero-order valence-corrected chi connectivity index (χ0v) is 11.5.